The maximum absolute atomic E-state index is 12.5. The van der Waals surface area contributed by atoms with Crippen molar-refractivity contribution in [1.82, 2.24) is 14.7 Å². The number of benzene rings is 2. The van der Waals surface area contributed by atoms with E-state index in [4.69, 9.17) is 9.47 Å². The van der Waals surface area contributed by atoms with Crippen molar-refractivity contribution in [3.63, 3.8) is 0 Å². The number of piperidine rings is 1. The monoisotopic (exact) mass is 433 g/mol. The zero-order valence-corrected chi connectivity index (χ0v) is 18.8. The molecule has 0 radical (unpaired) electrons. The summed E-state index contributed by atoms with van der Waals surface area (Å²) in [4.78, 5) is 26.4. The molecule has 0 N–H and O–H groups in total. The fourth-order valence-electron chi connectivity index (χ4n) is 4.79. The number of fused-ring (bicyclic) bond motifs is 2. The zero-order valence-electron chi connectivity index (χ0n) is 18.8. The Bertz CT molecular complexity index is 1210. The quantitative estimate of drug-likeness (QED) is 0.575. The first-order valence-electron chi connectivity index (χ1n) is 10.9. The summed E-state index contributed by atoms with van der Waals surface area (Å²) in [5, 5.41) is 5.50. The number of carbonyl (C=O) groups excluding carboxylic acids is 2. The Morgan fingerprint density at radius 3 is 2.56 bits per heavy atom. The van der Waals surface area contributed by atoms with Crippen molar-refractivity contribution in [3.8, 4) is 5.69 Å². The van der Waals surface area contributed by atoms with Gasteiger partial charge in [0, 0.05) is 30.1 Å². The third kappa shape index (κ3) is 3.42. The lowest BCUT2D eigenvalue weighted by atomic mass is 9.95. The number of carbonyl (C=O) groups is 2. The molecular weight excluding hydrogens is 406 g/mol. The number of esters is 1. The highest BCUT2D eigenvalue weighted by molar-refractivity contribution is 6.02. The second-order valence-corrected chi connectivity index (χ2v) is 9.77. The van der Waals surface area contributed by atoms with Gasteiger partial charge in [0.25, 0.3) is 0 Å². The van der Waals surface area contributed by atoms with Crippen molar-refractivity contribution < 1.29 is 19.1 Å². The van der Waals surface area contributed by atoms with Crippen LogP contribution in [0.3, 0.4) is 0 Å². The summed E-state index contributed by atoms with van der Waals surface area (Å²) >= 11 is 0. The standard InChI is InChI=1S/C25H27N3O4/c1-24(2,3)32-23(30)27-14-18-12-25(18,15-27)17-8-10-19(11-9-17)28-13-16-6-5-7-20(21(16)26-28)22(29)31-4/h5-11,13,18H,12,14-15H2,1-4H3. The molecule has 2 unspecified atom stereocenters. The highest BCUT2D eigenvalue weighted by Crippen LogP contribution is 2.59. The van der Waals surface area contributed by atoms with Crippen molar-refractivity contribution in [3.05, 3.63) is 59.8 Å². The first kappa shape index (κ1) is 20.5. The molecule has 166 valence electrons. The highest BCUT2D eigenvalue weighted by atomic mass is 16.6. The van der Waals surface area contributed by atoms with Crippen LogP contribution in [0.25, 0.3) is 16.6 Å². The van der Waals surface area contributed by atoms with E-state index in [1.807, 2.05) is 56.1 Å². The van der Waals surface area contributed by atoms with Crippen LogP contribution in [0.4, 0.5) is 4.79 Å². The molecule has 7 nitrogen and oxygen atoms in total. The summed E-state index contributed by atoms with van der Waals surface area (Å²) in [5.74, 6) is 0.0848. The Morgan fingerprint density at radius 2 is 1.88 bits per heavy atom. The van der Waals surface area contributed by atoms with E-state index in [9.17, 15) is 9.59 Å². The van der Waals surface area contributed by atoms with Crippen LogP contribution in [-0.2, 0) is 14.9 Å². The minimum Gasteiger partial charge on any atom is -0.465 e. The van der Waals surface area contributed by atoms with Crippen LogP contribution in [0.1, 0.15) is 43.1 Å². The SMILES string of the molecule is COC(=O)c1cccc2cn(-c3ccc(C45CC4CN(C(=O)OC(C)(C)C)C5)cc3)nc12. The van der Waals surface area contributed by atoms with Crippen molar-refractivity contribution in [2.45, 2.75) is 38.2 Å². The van der Waals surface area contributed by atoms with Gasteiger partial charge in [0.15, 0.2) is 0 Å². The number of nitrogens with zero attached hydrogens (tertiary/aromatic N) is 3. The van der Waals surface area contributed by atoms with Gasteiger partial charge in [-0.1, -0.05) is 24.3 Å². The van der Waals surface area contributed by atoms with Crippen LogP contribution < -0.4 is 0 Å². The fourth-order valence-corrected chi connectivity index (χ4v) is 4.79. The predicted molar refractivity (Wildman–Crippen MR) is 120 cm³/mol. The maximum atomic E-state index is 12.5. The molecule has 2 heterocycles. The Labute approximate surface area is 186 Å². The molecule has 32 heavy (non-hydrogen) atoms. The number of likely N-dealkylation sites (tertiary alicyclic amines) is 1. The second kappa shape index (κ2) is 7.08. The van der Waals surface area contributed by atoms with E-state index in [1.54, 1.807) is 10.7 Å². The van der Waals surface area contributed by atoms with Gasteiger partial charge in [-0.15, -0.1) is 0 Å². The smallest absolute Gasteiger partial charge is 0.410 e. The largest absolute Gasteiger partial charge is 0.465 e. The van der Waals surface area contributed by atoms with Crippen molar-refractivity contribution >= 4 is 23.0 Å². The van der Waals surface area contributed by atoms with Crippen LogP contribution in [-0.4, -0.2) is 52.5 Å². The van der Waals surface area contributed by atoms with Gasteiger partial charge in [-0.25, -0.2) is 14.3 Å². The van der Waals surface area contributed by atoms with Crippen molar-refractivity contribution in [2.75, 3.05) is 20.2 Å². The normalized spacial score (nSPS) is 22.0. The number of hydrogen-bond donors (Lipinski definition) is 0. The van der Waals surface area contributed by atoms with E-state index < -0.39 is 11.6 Å². The lowest BCUT2D eigenvalue weighted by molar-refractivity contribution is 0.0270. The van der Waals surface area contributed by atoms with Gasteiger partial charge < -0.3 is 14.4 Å². The molecule has 0 spiro atoms. The predicted octanol–water partition coefficient (Wildman–Crippen LogP) is 4.32. The van der Waals surface area contributed by atoms with Crippen LogP contribution in [0, 0.1) is 5.92 Å². The molecule has 1 saturated carbocycles. The van der Waals surface area contributed by atoms with Crippen LogP contribution in [0.2, 0.25) is 0 Å². The summed E-state index contributed by atoms with van der Waals surface area (Å²) in [6, 6.07) is 13.8. The first-order chi connectivity index (χ1) is 15.2. The Morgan fingerprint density at radius 1 is 1.12 bits per heavy atom. The molecule has 1 aromatic heterocycles. The molecule has 2 aliphatic rings. The van der Waals surface area contributed by atoms with Gasteiger partial charge in [0.05, 0.1) is 18.4 Å². The lowest BCUT2D eigenvalue weighted by Gasteiger charge is -2.26. The summed E-state index contributed by atoms with van der Waals surface area (Å²) < 4.78 is 12.2. The minimum atomic E-state index is -0.486. The van der Waals surface area contributed by atoms with E-state index >= 15 is 0 Å². The Hall–Kier alpha value is -3.35. The molecule has 1 amide bonds. The molecule has 2 aromatic carbocycles. The van der Waals surface area contributed by atoms with E-state index in [1.165, 1.54) is 12.7 Å². The fraction of sp³-hybridized carbons (Fsp3) is 0.400. The number of methoxy groups -OCH3 is 1. The third-order valence-electron chi connectivity index (χ3n) is 6.45. The molecule has 2 fully saturated rings. The third-order valence-corrected chi connectivity index (χ3v) is 6.45. The molecule has 1 saturated heterocycles. The number of rotatable bonds is 3. The van der Waals surface area contributed by atoms with Crippen molar-refractivity contribution in [2.24, 2.45) is 5.92 Å². The second-order valence-electron chi connectivity index (χ2n) is 9.77. The highest BCUT2D eigenvalue weighted by Gasteiger charge is 2.62. The van der Waals surface area contributed by atoms with E-state index in [-0.39, 0.29) is 11.5 Å². The topological polar surface area (TPSA) is 73.7 Å². The molecular formula is C25H27N3O4. The average Bonchev–Trinajstić information content (AvgIpc) is 3.11. The zero-order chi connectivity index (χ0) is 22.7. The summed E-state index contributed by atoms with van der Waals surface area (Å²) in [5.41, 5.74) is 2.77. The van der Waals surface area contributed by atoms with E-state index in [0.717, 1.165) is 24.0 Å². The lowest BCUT2D eigenvalue weighted by Crippen LogP contribution is -2.37. The van der Waals surface area contributed by atoms with Crippen molar-refractivity contribution in [1.29, 1.82) is 0 Å². The van der Waals surface area contributed by atoms with Gasteiger partial charge in [0.1, 0.15) is 11.1 Å². The summed E-state index contributed by atoms with van der Waals surface area (Å²) in [6.07, 6.45) is 2.78. The maximum Gasteiger partial charge on any atom is 0.410 e. The number of hydrogen-bond acceptors (Lipinski definition) is 5. The van der Waals surface area contributed by atoms with Crippen LogP contribution in [0.15, 0.2) is 48.7 Å². The molecule has 2 atom stereocenters. The van der Waals surface area contributed by atoms with Crippen LogP contribution in [0.5, 0.6) is 0 Å². The van der Waals surface area contributed by atoms with Gasteiger partial charge in [-0.2, -0.15) is 5.10 Å². The first-order valence-corrected chi connectivity index (χ1v) is 10.9. The average molecular weight is 434 g/mol. The molecule has 5 rings (SSSR count). The minimum absolute atomic E-state index is 0.0301. The van der Waals surface area contributed by atoms with E-state index in [2.05, 4.69) is 17.2 Å². The van der Waals surface area contributed by atoms with Gasteiger partial charge in [0.2, 0.25) is 0 Å². The molecule has 0 bridgehead atoms. The van der Waals surface area contributed by atoms with Gasteiger partial charge in [-0.3, -0.25) is 0 Å². The van der Waals surface area contributed by atoms with Crippen LogP contribution >= 0.6 is 0 Å². The number of amides is 1. The van der Waals surface area contributed by atoms with Gasteiger partial charge in [-0.05, 0) is 56.9 Å². The number of ether oxygens (including phenoxy) is 2. The molecule has 1 aliphatic heterocycles. The molecule has 7 heteroatoms. The Kier molecular flexibility index (Phi) is 4.55. The summed E-state index contributed by atoms with van der Waals surface area (Å²) in [6.45, 7) is 7.12. The molecule has 3 aromatic rings. The number of aromatic nitrogens is 2. The Balaban J connectivity index is 1.37. The van der Waals surface area contributed by atoms with E-state index in [0.29, 0.717) is 23.5 Å². The van der Waals surface area contributed by atoms with Gasteiger partial charge >= 0.3 is 12.1 Å². The summed E-state index contributed by atoms with van der Waals surface area (Å²) in [7, 11) is 1.37. The molecule has 1 aliphatic carbocycles.